The van der Waals surface area contributed by atoms with Gasteiger partial charge in [-0.15, -0.1) is 0 Å². The van der Waals surface area contributed by atoms with Crippen LogP contribution < -0.4 is 10.5 Å². The number of sulfone groups is 1. The summed E-state index contributed by atoms with van der Waals surface area (Å²) in [6, 6.07) is 5.86. The second kappa shape index (κ2) is 6.39. The standard InChI is InChI=1S/C11H15NO6S/c1-19(15,16)10-4-2-3-9(5-10)17-6-8(13)7-18-11(12)14/h2-5,8,13H,6-7H2,1H3,(H2,12,14)/t8-/m0/s1. The van der Waals surface area contributed by atoms with E-state index in [1.165, 1.54) is 18.2 Å². The molecule has 3 N–H and O–H groups in total. The summed E-state index contributed by atoms with van der Waals surface area (Å²) in [5.74, 6) is 0.293. The summed E-state index contributed by atoms with van der Waals surface area (Å²) in [7, 11) is -3.31. The number of nitrogens with two attached hydrogens (primary N) is 1. The molecule has 1 aromatic rings. The average Bonchev–Trinajstić information content (AvgIpc) is 2.33. The Morgan fingerprint density at radius 1 is 1.42 bits per heavy atom. The van der Waals surface area contributed by atoms with Crippen molar-refractivity contribution >= 4 is 15.9 Å². The zero-order valence-electron chi connectivity index (χ0n) is 10.3. The Balaban J connectivity index is 2.56. The number of aliphatic hydroxyl groups excluding tert-OH is 1. The summed E-state index contributed by atoms with van der Waals surface area (Å²) in [5, 5.41) is 9.41. The summed E-state index contributed by atoms with van der Waals surface area (Å²) in [5.41, 5.74) is 4.74. The molecule has 1 amide bonds. The molecule has 0 aromatic heterocycles. The molecule has 0 unspecified atom stereocenters. The van der Waals surface area contributed by atoms with Crippen LogP contribution in [0.3, 0.4) is 0 Å². The largest absolute Gasteiger partial charge is 0.491 e. The number of aliphatic hydroxyl groups is 1. The van der Waals surface area contributed by atoms with Crippen LogP contribution in [0.5, 0.6) is 5.75 Å². The second-order valence-electron chi connectivity index (χ2n) is 3.84. The van der Waals surface area contributed by atoms with Gasteiger partial charge in [0.2, 0.25) is 0 Å². The zero-order valence-corrected chi connectivity index (χ0v) is 11.1. The van der Waals surface area contributed by atoms with E-state index in [1.54, 1.807) is 6.07 Å². The lowest BCUT2D eigenvalue weighted by atomic mass is 10.3. The van der Waals surface area contributed by atoms with E-state index >= 15 is 0 Å². The zero-order chi connectivity index (χ0) is 14.5. The Hall–Kier alpha value is -1.80. The molecule has 0 bridgehead atoms. The van der Waals surface area contributed by atoms with Crippen molar-refractivity contribution in [3.05, 3.63) is 24.3 Å². The van der Waals surface area contributed by atoms with Gasteiger partial charge in [-0.05, 0) is 18.2 Å². The van der Waals surface area contributed by atoms with Crippen LogP contribution in [0.1, 0.15) is 0 Å². The lowest BCUT2D eigenvalue weighted by molar-refractivity contribution is 0.0419. The monoisotopic (exact) mass is 289 g/mol. The maximum absolute atomic E-state index is 11.3. The molecule has 0 aliphatic heterocycles. The number of benzene rings is 1. The number of carbonyl (C=O) groups is 1. The molecule has 1 aromatic carbocycles. The fraction of sp³-hybridized carbons (Fsp3) is 0.364. The predicted molar refractivity (Wildman–Crippen MR) is 66.6 cm³/mol. The normalized spacial score (nSPS) is 12.7. The van der Waals surface area contributed by atoms with Crippen LogP contribution in [-0.2, 0) is 14.6 Å². The summed E-state index contributed by atoms with van der Waals surface area (Å²) < 4.78 is 32.2. The van der Waals surface area contributed by atoms with Crippen LogP contribution in [0.2, 0.25) is 0 Å². The van der Waals surface area contributed by atoms with Gasteiger partial charge in [-0.1, -0.05) is 6.07 Å². The van der Waals surface area contributed by atoms with Crippen LogP contribution in [-0.4, -0.2) is 45.2 Å². The number of hydrogen-bond donors (Lipinski definition) is 2. The molecule has 19 heavy (non-hydrogen) atoms. The lowest BCUT2D eigenvalue weighted by Crippen LogP contribution is -2.27. The van der Waals surface area contributed by atoms with E-state index in [9.17, 15) is 18.3 Å². The average molecular weight is 289 g/mol. The van der Waals surface area contributed by atoms with Crippen LogP contribution in [0, 0.1) is 0 Å². The topological polar surface area (TPSA) is 116 Å². The van der Waals surface area contributed by atoms with Crippen molar-refractivity contribution in [1.29, 1.82) is 0 Å². The van der Waals surface area contributed by atoms with Crippen molar-refractivity contribution in [3.8, 4) is 5.75 Å². The van der Waals surface area contributed by atoms with Gasteiger partial charge in [-0.25, -0.2) is 13.2 Å². The summed E-state index contributed by atoms with van der Waals surface area (Å²) >= 11 is 0. The molecular weight excluding hydrogens is 274 g/mol. The number of ether oxygens (including phenoxy) is 2. The Morgan fingerprint density at radius 2 is 2.11 bits per heavy atom. The number of carbonyl (C=O) groups excluding carboxylic acids is 1. The van der Waals surface area contributed by atoms with Gasteiger partial charge in [0.15, 0.2) is 9.84 Å². The highest BCUT2D eigenvalue weighted by atomic mass is 32.2. The third-order valence-electron chi connectivity index (χ3n) is 2.09. The first kappa shape index (κ1) is 15.3. The molecule has 7 nitrogen and oxygen atoms in total. The maximum atomic E-state index is 11.3. The molecule has 0 aliphatic carbocycles. The Kier molecular flexibility index (Phi) is 5.13. The van der Waals surface area contributed by atoms with Crippen molar-refractivity contribution in [1.82, 2.24) is 0 Å². The Bertz CT molecular complexity index is 542. The lowest BCUT2D eigenvalue weighted by Gasteiger charge is -2.12. The molecule has 0 aliphatic rings. The highest BCUT2D eigenvalue weighted by Crippen LogP contribution is 2.17. The summed E-state index contributed by atoms with van der Waals surface area (Å²) in [6.07, 6.45) is -0.950. The third kappa shape index (κ3) is 5.58. The van der Waals surface area contributed by atoms with Gasteiger partial charge < -0.3 is 20.3 Å². The Labute approximate surface area is 110 Å². The van der Waals surface area contributed by atoms with Crippen LogP contribution in [0.15, 0.2) is 29.2 Å². The first-order valence-electron chi connectivity index (χ1n) is 5.32. The first-order valence-corrected chi connectivity index (χ1v) is 7.21. The highest BCUT2D eigenvalue weighted by Gasteiger charge is 2.10. The minimum absolute atomic E-state index is 0.118. The van der Waals surface area contributed by atoms with Gasteiger partial charge >= 0.3 is 6.09 Å². The number of rotatable bonds is 6. The van der Waals surface area contributed by atoms with E-state index in [0.29, 0.717) is 5.75 Å². The molecule has 0 spiro atoms. The molecule has 0 heterocycles. The van der Waals surface area contributed by atoms with Crippen molar-refractivity contribution in [3.63, 3.8) is 0 Å². The van der Waals surface area contributed by atoms with E-state index in [-0.39, 0.29) is 18.1 Å². The minimum atomic E-state index is -3.31. The highest BCUT2D eigenvalue weighted by molar-refractivity contribution is 7.90. The second-order valence-corrected chi connectivity index (χ2v) is 5.86. The van der Waals surface area contributed by atoms with Gasteiger partial charge in [0.25, 0.3) is 0 Å². The predicted octanol–water partition coefficient (Wildman–Crippen LogP) is -0.0749. The van der Waals surface area contributed by atoms with Crippen molar-refractivity contribution in [2.45, 2.75) is 11.0 Å². The first-order chi connectivity index (χ1) is 8.79. The fourth-order valence-corrected chi connectivity index (χ4v) is 1.87. The smallest absolute Gasteiger partial charge is 0.404 e. The molecule has 8 heteroatoms. The number of hydrogen-bond acceptors (Lipinski definition) is 6. The molecule has 0 radical (unpaired) electrons. The molecule has 106 valence electrons. The SMILES string of the molecule is CS(=O)(=O)c1cccc(OC[C@H](O)COC(N)=O)c1. The van der Waals surface area contributed by atoms with E-state index in [4.69, 9.17) is 10.5 Å². The van der Waals surface area contributed by atoms with Crippen molar-refractivity contribution < 1.29 is 27.8 Å². The molecule has 0 saturated heterocycles. The van der Waals surface area contributed by atoms with Crippen LogP contribution in [0.4, 0.5) is 4.79 Å². The number of primary amides is 1. The quantitative estimate of drug-likeness (QED) is 0.757. The van der Waals surface area contributed by atoms with E-state index in [2.05, 4.69) is 4.74 Å². The fourth-order valence-electron chi connectivity index (χ4n) is 1.21. The van der Waals surface area contributed by atoms with E-state index < -0.39 is 22.0 Å². The molecule has 1 rings (SSSR count). The van der Waals surface area contributed by atoms with Gasteiger partial charge in [-0.3, -0.25) is 0 Å². The summed E-state index contributed by atoms with van der Waals surface area (Å²) in [4.78, 5) is 10.4. The van der Waals surface area contributed by atoms with Crippen molar-refractivity contribution in [2.24, 2.45) is 5.73 Å². The van der Waals surface area contributed by atoms with Gasteiger partial charge in [0, 0.05) is 6.26 Å². The van der Waals surface area contributed by atoms with Gasteiger partial charge in [0.05, 0.1) is 4.90 Å². The minimum Gasteiger partial charge on any atom is -0.491 e. The van der Waals surface area contributed by atoms with Gasteiger partial charge in [-0.2, -0.15) is 0 Å². The molecular formula is C11H15NO6S. The molecule has 1 atom stereocenters. The molecule has 0 saturated carbocycles. The van der Waals surface area contributed by atoms with Crippen LogP contribution in [0.25, 0.3) is 0 Å². The maximum Gasteiger partial charge on any atom is 0.404 e. The summed E-state index contributed by atoms with van der Waals surface area (Å²) in [6.45, 7) is -0.443. The third-order valence-corrected chi connectivity index (χ3v) is 3.20. The van der Waals surface area contributed by atoms with E-state index in [1.807, 2.05) is 0 Å². The van der Waals surface area contributed by atoms with Crippen molar-refractivity contribution in [2.75, 3.05) is 19.5 Å². The molecule has 0 fully saturated rings. The Morgan fingerprint density at radius 3 is 2.68 bits per heavy atom. The van der Waals surface area contributed by atoms with E-state index in [0.717, 1.165) is 6.26 Å². The van der Waals surface area contributed by atoms with Crippen LogP contribution >= 0.6 is 0 Å². The van der Waals surface area contributed by atoms with Gasteiger partial charge in [0.1, 0.15) is 25.1 Å². The number of amides is 1.